The number of rotatable bonds is 8. The van der Waals surface area contributed by atoms with Gasteiger partial charge in [0.2, 0.25) is 11.7 Å². The monoisotopic (exact) mass is 377 g/mol. The van der Waals surface area contributed by atoms with Gasteiger partial charge in [-0.05, 0) is 71.9 Å². The van der Waals surface area contributed by atoms with E-state index in [2.05, 4.69) is 26.5 Å². The van der Waals surface area contributed by atoms with Crippen LogP contribution in [-0.4, -0.2) is 26.5 Å². The van der Waals surface area contributed by atoms with E-state index in [0.717, 1.165) is 11.1 Å². The highest BCUT2D eigenvalue weighted by atomic mass is 19.1. The van der Waals surface area contributed by atoms with Gasteiger partial charge in [0.15, 0.2) is 0 Å². The number of aromatic amines is 1. The van der Waals surface area contributed by atoms with Crippen LogP contribution in [0.1, 0.15) is 41.9 Å². The lowest BCUT2D eigenvalue weighted by Crippen LogP contribution is -2.12. The van der Waals surface area contributed by atoms with Crippen molar-refractivity contribution in [1.29, 1.82) is 0 Å². The lowest BCUT2D eigenvalue weighted by molar-refractivity contribution is -0.118. The Morgan fingerprint density at radius 1 is 1.29 bits per heavy atom. The van der Waals surface area contributed by atoms with Gasteiger partial charge in [-0.25, -0.2) is 4.39 Å². The van der Waals surface area contributed by atoms with Crippen molar-refractivity contribution in [2.45, 2.75) is 31.6 Å². The van der Waals surface area contributed by atoms with Crippen molar-refractivity contribution in [3.8, 4) is 23.7 Å². The van der Waals surface area contributed by atoms with Crippen molar-refractivity contribution in [3.05, 3.63) is 65.0 Å². The summed E-state index contributed by atoms with van der Waals surface area (Å²) in [5, 5.41) is 13.9. The zero-order chi connectivity index (χ0) is 19.9. The highest BCUT2D eigenvalue weighted by molar-refractivity contribution is 5.73. The maximum atomic E-state index is 14.7. The molecule has 1 aromatic heterocycles. The molecule has 7 heteroatoms. The van der Waals surface area contributed by atoms with Crippen LogP contribution >= 0.6 is 0 Å². The summed E-state index contributed by atoms with van der Waals surface area (Å²) < 4.78 is 14.7. The van der Waals surface area contributed by atoms with Gasteiger partial charge < -0.3 is 5.73 Å². The maximum absolute atomic E-state index is 14.7. The van der Waals surface area contributed by atoms with Gasteiger partial charge in [0.25, 0.3) is 0 Å². The second kappa shape index (κ2) is 8.91. The van der Waals surface area contributed by atoms with Gasteiger partial charge >= 0.3 is 0 Å². The van der Waals surface area contributed by atoms with E-state index in [4.69, 9.17) is 12.2 Å². The van der Waals surface area contributed by atoms with Crippen LogP contribution in [0.5, 0.6) is 0 Å². The SMILES string of the molecule is C#Cc1cccc(CC(CCCC(N)=O)c2cc(-c3nn[nH]n3)ccc2F)c1. The molecular weight excluding hydrogens is 357 g/mol. The number of hydrogen-bond donors (Lipinski definition) is 2. The number of H-pyrrole nitrogens is 1. The first-order chi connectivity index (χ1) is 13.6. The summed E-state index contributed by atoms with van der Waals surface area (Å²) in [5.41, 5.74) is 8.25. The minimum Gasteiger partial charge on any atom is -0.370 e. The topological polar surface area (TPSA) is 97.5 Å². The van der Waals surface area contributed by atoms with Gasteiger partial charge in [0, 0.05) is 17.5 Å². The van der Waals surface area contributed by atoms with Gasteiger partial charge in [-0.15, -0.1) is 16.6 Å². The number of carbonyl (C=O) groups excluding carboxylic acids is 1. The molecule has 2 aromatic carbocycles. The number of halogens is 1. The molecule has 3 aromatic rings. The number of amides is 1. The van der Waals surface area contributed by atoms with E-state index in [9.17, 15) is 9.18 Å². The van der Waals surface area contributed by atoms with E-state index < -0.39 is 0 Å². The van der Waals surface area contributed by atoms with Crippen LogP contribution in [-0.2, 0) is 11.2 Å². The van der Waals surface area contributed by atoms with E-state index in [1.807, 2.05) is 24.3 Å². The highest BCUT2D eigenvalue weighted by Gasteiger charge is 2.19. The van der Waals surface area contributed by atoms with Crippen molar-refractivity contribution in [3.63, 3.8) is 0 Å². The highest BCUT2D eigenvalue weighted by Crippen LogP contribution is 2.31. The van der Waals surface area contributed by atoms with Crippen molar-refractivity contribution in [2.75, 3.05) is 0 Å². The van der Waals surface area contributed by atoms with E-state index >= 15 is 0 Å². The molecule has 1 unspecified atom stereocenters. The normalized spacial score (nSPS) is 11.7. The number of nitrogens with zero attached hydrogens (tertiary/aromatic N) is 3. The number of hydrogen-bond acceptors (Lipinski definition) is 4. The molecule has 1 heterocycles. The quantitative estimate of drug-likeness (QED) is 0.590. The third kappa shape index (κ3) is 4.80. The Labute approximate surface area is 162 Å². The largest absolute Gasteiger partial charge is 0.370 e. The maximum Gasteiger partial charge on any atom is 0.217 e. The van der Waals surface area contributed by atoms with Crippen molar-refractivity contribution >= 4 is 5.91 Å². The van der Waals surface area contributed by atoms with Crippen LogP contribution in [0.3, 0.4) is 0 Å². The number of aromatic nitrogens is 4. The van der Waals surface area contributed by atoms with E-state index in [1.165, 1.54) is 6.07 Å². The predicted molar refractivity (Wildman–Crippen MR) is 103 cm³/mol. The Bertz CT molecular complexity index is 994. The average molecular weight is 377 g/mol. The molecule has 1 amide bonds. The Kier molecular flexibility index (Phi) is 6.12. The molecule has 0 bridgehead atoms. The molecule has 0 aliphatic carbocycles. The summed E-state index contributed by atoms with van der Waals surface area (Å²) in [7, 11) is 0. The lowest BCUT2D eigenvalue weighted by atomic mass is 9.86. The fourth-order valence-electron chi connectivity index (χ4n) is 3.24. The summed E-state index contributed by atoms with van der Waals surface area (Å²) in [6.07, 6.45) is 7.51. The predicted octanol–water partition coefficient (Wildman–Crippen LogP) is 2.97. The molecule has 3 N–H and O–H groups in total. The number of primary amides is 1. The van der Waals surface area contributed by atoms with E-state index in [-0.39, 0.29) is 24.1 Å². The van der Waals surface area contributed by atoms with Crippen molar-refractivity contribution in [2.24, 2.45) is 5.73 Å². The molecule has 0 radical (unpaired) electrons. The van der Waals surface area contributed by atoms with Crippen molar-refractivity contribution in [1.82, 2.24) is 20.6 Å². The minimum absolute atomic E-state index is 0.153. The van der Waals surface area contributed by atoms with Crippen LogP contribution in [0.4, 0.5) is 4.39 Å². The summed E-state index contributed by atoms with van der Waals surface area (Å²) in [6.45, 7) is 0. The molecule has 3 rings (SSSR count). The van der Waals surface area contributed by atoms with Crippen LogP contribution in [0, 0.1) is 18.2 Å². The summed E-state index contributed by atoms with van der Waals surface area (Å²) in [4.78, 5) is 11.1. The Morgan fingerprint density at radius 2 is 2.14 bits per heavy atom. The molecular formula is C21H20FN5O. The summed E-state index contributed by atoms with van der Waals surface area (Å²) in [6, 6.07) is 12.4. The molecule has 0 aliphatic heterocycles. The number of carbonyl (C=O) groups is 1. The number of nitrogens with two attached hydrogens (primary N) is 1. The van der Waals surface area contributed by atoms with Gasteiger partial charge in [-0.3, -0.25) is 4.79 Å². The second-order valence-electron chi connectivity index (χ2n) is 6.58. The Morgan fingerprint density at radius 3 is 2.86 bits per heavy atom. The lowest BCUT2D eigenvalue weighted by Gasteiger charge is -2.19. The fourth-order valence-corrected chi connectivity index (χ4v) is 3.24. The summed E-state index contributed by atoms with van der Waals surface area (Å²) >= 11 is 0. The Hall–Kier alpha value is -3.53. The van der Waals surface area contributed by atoms with Gasteiger partial charge in [-0.1, -0.05) is 18.1 Å². The molecule has 0 saturated heterocycles. The third-order valence-corrected chi connectivity index (χ3v) is 4.59. The van der Waals surface area contributed by atoms with Gasteiger partial charge in [-0.2, -0.15) is 5.21 Å². The molecule has 0 aliphatic rings. The van der Waals surface area contributed by atoms with Crippen LogP contribution < -0.4 is 5.73 Å². The Balaban J connectivity index is 1.92. The summed E-state index contributed by atoms with van der Waals surface area (Å²) in [5.74, 6) is 2.17. The van der Waals surface area contributed by atoms with Crippen molar-refractivity contribution < 1.29 is 9.18 Å². The first-order valence-corrected chi connectivity index (χ1v) is 8.94. The molecule has 0 spiro atoms. The molecule has 6 nitrogen and oxygen atoms in total. The fraction of sp³-hybridized carbons (Fsp3) is 0.238. The number of terminal acetylenes is 1. The minimum atomic E-state index is -0.367. The van der Waals surface area contributed by atoms with Gasteiger partial charge in [0.05, 0.1) is 0 Å². The molecule has 142 valence electrons. The molecule has 0 saturated carbocycles. The van der Waals surface area contributed by atoms with E-state index in [1.54, 1.807) is 12.1 Å². The average Bonchev–Trinajstić information content (AvgIpc) is 3.22. The zero-order valence-electron chi connectivity index (χ0n) is 15.2. The van der Waals surface area contributed by atoms with Gasteiger partial charge in [0.1, 0.15) is 5.82 Å². The third-order valence-electron chi connectivity index (χ3n) is 4.59. The standard InChI is InChI=1S/C21H20FN5O/c1-2-14-5-3-6-15(11-14)12-16(7-4-8-20(23)28)18-13-17(9-10-19(18)22)21-24-26-27-25-21/h1,3,5-6,9-11,13,16H,4,7-8,12H2,(H2,23,28)(H,24,25,26,27). The molecule has 0 fully saturated rings. The number of tetrazole rings is 1. The van der Waals surface area contributed by atoms with Crippen LogP contribution in [0.25, 0.3) is 11.4 Å². The first-order valence-electron chi connectivity index (χ1n) is 8.94. The van der Waals surface area contributed by atoms with E-state index in [0.29, 0.717) is 36.2 Å². The second-order valence-corrected chi connectivity index (χ2v) is 6.58. The number of nitrogens with one attached hydrogen (secondary N) is 1. The molecule has 28 heavy (non-hydrogen) atoms. The first kappa shape index (κ1) is 19.2. The zero-order valence-corrected chi connectivity index (χ0v) is 15.2. The number of benzene rings is 2. The molecule has 1 atom stereocenters. The van der Waals surface area contributed by atoms with Crippen LogP contribution in [0.15, 0.2) is 42.5 Å². The smallest absolute Gasteiger partial charge is 0.217 e. The van der Waals surface area contributed by atoms with Crippen LogP contribution in [0.2, 0.25) is 0 Å².